The molecule has 1 saturated carbocycles. The number of pyridine rings is 1. The molecule has 3 aromatic carbocycles. The topological polar surface area (TPSA) is 13.1 Å². The summed E-state index contributed by atoms with van der Waals surface area (Å²) in [5.41, 5.74) is 6.55. The Morgan fingerprint density at radius 1 is 0.967 bits per heavy atom. The standard InChI is InChI=1S/C28H28NO/c1-17-16-29(3)28-26-18(2)22-11-7-6-10-21(22)15-25(26)30-24-14-20(13-23(17)27(24)28)12-19-8-4-5-9-19/h6-7,10-11,13-16,19H,4-5,8-9,12H2,1-3H3/q+1. The molecular weight excluding hydrogens is 366 g/mol. The van der Waals surface area contributed by atoms with Crippen molar-refractivity contribution in [1.29, 1.82) is 0 Å². The first-order valence-corrected chi connectivity index (χ1v) is 11.3. The van der Waals surface area contributed by atoms with Gasteiger partial charge in [0.25, 0.3) is 0 Å². The van der Waals surface area contributed by atoms with Gasteiger partial charge in [-0.15, -0.1) is 0 Å². The van der Waals surface area contributed by atoms with Gasteiger partial charge in [0.15, 0.2) is 6.20 Å². The normalized spacial score (nSPS) is 15.6. The molecule has 2 aliphatic rings. The van der Waals surface area contributed by atoms with Crippen molar-refractivity contribution in [3.8, 4) is 22.8 Å². The summed E-state index contributed by atoms with van der Waals surface area (Å²) in [7, 11) is 2.17. The molecule has 0 amide bonds. The van der Waals surface area contributed by atoms with Crippen LogP contribution in [-0.2, 0) is 13.5 Å². The molecule has 2 heteroatoms. The Labute approximate surface area is 178 Å². The lowest BCUT2D eigenvalue weighted by Crippen LogP contribution is -2.32. The molecule has 0 radical (unpaired) electrons. The molecule has 0 unspecified atom stereocenters. The first kappa shape index (κ1) is 17.9. The fourth-order valence-corrected chi connectivity index (χ4v) is 5.87. The first-order chi connectivity index (χ1) is 14.6. The van der Waals surface area contributed by atoms with Crippen molar-refractivity contribution in [2.24, 2.45) is 13.0 Å². The van der Waals surface area contributed by atoms with Gasteiger partial charge in [0.05, 0.1) is 10.9 Å². The summed E-state index contributed by atoms with van der Waals surface area (Å²) in [6.07, 6.45) is 8.98. The van der Waals surface area contributed by atoms with E-state index in [-0.39, 0.29) is 0 Å². The van der Waals surface area contributed by atoms with Crippen LogP contribution in [0.5, 0.6) is 11.5 Å². The monoisotopic (exact) mass is 394 g/mol. The van der Waals surface area contributed by atoms with Crippen LogP contribution < -0.4 is 9.30 Å². The number of aryl methyl sites for hydroxylation is 3. The van der Waals surface area contributed by atoms with Gasteiger partial charge >= 0.3 is 0 Å². The molecule has 1 aliphatic heterocycles. The molecule has 30 heavy (non-hydrogen) atoms. The average molecular weight is 395 g/mol. The van der Waals surface area contributed by atoms with Crippen molar-refractivity contribution in [2.75, 3.05) is 0 Å². The highest BCUT2D eigenvalue weighted by Crippen LogP contribution is 2.49. The number of benzene rings is 3. The second kappa shape index (κ2) is 6.57. The molecule has 2 nitrogen and oxygen atoms in total. The van der Waals surface area contributed by atoms with Crippen LogP contribution in [0.1, 0.15) is 42.4 Å². The number of nitrogens with zero attached hydrogens (tertiary/aromatic N) is 1. The first-order valence-electron chi connectivity index (χ1n) is 11.3. The molecule has 0 atom stereocenters. The largest absolute Gasteiger partial charge is 0.456 e. The van der Waals surface area contributed by atoms with Gasteiger partial charge in [0, 0.05) is 10.9 Å². The van der Waals surface area contributed by atoms with Crippen molar-refractivity contribution < 1.29 is 9.30 Å². The predicted octanol–water partition coefficient (Wildman–Crippen LogP) is 6.94. The molecule has 2 heterocycles. The molecule has 4 aromatic rings. The molecule has 0 bridgehead atoms. The zero-order valence-corrected chi connectivity index (χ0v) is 18.1. The van der Waals surface area contributed by atoms with Crippen LogP contribution in [0.2, 0.25) is 0 Å². The lowest BCUT2D eigenvalue weighted by Gasteiger charge is -2.23. The molecular formula is C28H28NO+. The Kier molecular flexibility index (Phi) is 3.93. The molecule has 0 saturated heterocycles. The minimum atomic E-state index is 0.830. The number of rotatable bonds is 2. The molecule has 0 spiro atoms. The summed E-state index contributed by atoms with van der Waals surface area (Å²) in [5.74, 6) is 2.84. The van der Waals surface area contributed by atoms with Crippen LogP contribution >= 0.6 is 0 Å². The second-order valence-corrected chi connectivity index (χ2v) is 9.34. The lowest BCUT2D eigenvalue weighted by atomic mass is 9.89. The fraction of sp³-hybridized carbons (Fsp3) is 0.321. The Hall–Kier alpha value is -2.87. The van der Waals surface area contributed by atoms with Crippen molar-refractivity contribution >= 4 is 21.5 Å². The number of fused-ring (bicyclic) bond motifs is 3. The van der Waals surface area contributed by atoms with E-state index in [4.69, 9.17) is 4.74 Å². The zero-order chi connectivity index (χ0) is 20.4. The summed E-state index contributed by atoms with van der Waals surface area (Å²) in [6.45, 7) is 4.46. The van der Waals surface area contributed by atoms with Gasteiger partial charge in [-0.2, -0.15) is 4.57 Å². The van der Waals surface area contributed by atoms with Crippen molar-refractivity contribution in [3.05, 3.63) is 65.4 Å². The molecule has 150 valence electrons. The van der Waals surface area contributed by atoms with Crippen LogP contribution in [0.4, 0.5) is 0 Å². The minimum Gasteiger partial charge on any atom is -0.456 e. The predicted molar refractivity (Wildman–Crippen MR) is 123 cm³/mol. The smallest absolute Gasteiger partial charge is 0.228 e. The number of hydrogen-bond donors (Lipinski definition) is 0. The fourth-order valence-electron chi connectivity index (χ4n) is 5.87. The van der Waals surface area contributed by atoms with E-state index >= 15 is 0 Å². The maximum atomic E-state index is 6.64. The summed E-state index contributed by atoms with van der Waals surface area (Å²) < 4.78 is 8.93. The summed E-state index contributed by atoms with van der Waals surface area (Å²) in [5, 5.41) is 5.14. The van der Waals surface area contributed by atoms with E-state index in [9.17, 15) is 0 Å². The van der Waals surface area contributed by atoms with Crippen molar-refractivity contribution in [1.82, 2.24) is 0 Å². The molecule has 6 rings (SSSR count). The van der Waals surface area contributed by atoms with Gasteiger partial charge in [0.2, 0.25) is 5.69 Å². The van der Waals surface area contributed by atoms with Crippen LogP contribution in [0.3, 0.4) is 0 Å². The number of hydrogen-bond acceptors (Lipinski definition) is 1. The maximum absolute atomic E-state index is 6.64. The van der Waals surface area contributed by atoms with Gasteiger partial charge in [-0.3, -0.25) is 0 Å². The van der Waals surface area contributed by atoms with Crippen LogP contribution in [-0.4, -0.2) is 0 Å². The van der Waals surface area contributed by atoms with E-state index < -0.39 is 0 Å². The van der Waals surface area contributed by atoms with E-state index in [1.165, 1.54) is 81.6 Å². The molecule has 1 aliphatic carbocycles. The Morgan fingerprint density at radius 3 is 2.60 bits per heavy atom. The van der Waals surface area contributed by atoms with Crippen LogP contribution in [0.15, 0.2) is 48.7 Å². The van der Waals surface area contributed by atoms with Gasteiger partial charge in [-0.05, 0) is 60.2 Å². The van der Waals surface area contributed by atoms with E-state index in [0.29, 0.717) is 0 Å². The van der Waals surface area contributed by atoms with E-state index in [2.05, 4.69) is 74.1 Å². The average Bonchev–Trinajstić information content (AvgIpc) is 3.24. The van der Waals surface area contributed by atoms with Gasteiger partial charge in [-0.25, -0.2) is 0 Å². The third kappa shape index (κ3) is 2.59. The maximum Gasteiger partial charge on any atom is 0.228 e. The molecule has 1 fully saturated rings. The summed E-state index contributed by atoms with van der Waals surface area (Å²) >= 11 is 0. The van der Waals surface area contributed by atoms with E-state index in [1.54, 1.807) is 0 Å². The van der Waals surface area contributed by atoms with Gasteiger partial charge in [0.1, 0.15) is 18.5 Å². The van der Waals surface area contributed by atoms with Gasteiger partial charge in [-0.1, -0.05) is 56.0 Å². The Morgan fingerprint density at radius 2 is 1.77 bits per heavy atom. The van der Waals surface area contributed by atoms with Crippen LogP contribution in [0.25, 0.3) is 32.8 Å². The summed E-state index contributed by atoms with van der Waals surface area (Å²) in [4.78, 5) is 0. The second-order valence-electron chi connectivity index (χ2n) is 9.34. The third-order valence-electron chi connectivity index (χ3n) is 7.29. The SMILES string of the molecule is Cc1c2c(cc3ccccc13)Oc1cc(CC3CCCC3)cc3c(C)c[n+](C)c-2c13. The van der Waals surface area contributed by atoms with Crippen molar-refractivity contribution in [3.63, 3.8) is 0 Å². The highest BCUT2D eigenvalue weighted by atomic mass is 16.5. The third-order valence-corrected chi connectivity index (χ3v) is 7.29. The Bertz CT molecular complexity index is 1330. The summed E-state index contributed by atoms with van der Waals surface area (Å²) in [6, 6.07) is 15.6. The van der Waals surface area contributed by atoms with E-state index in [0.717, 1.165) is 17.4 Å². The minimum absolute atomic E-state index is 0.830. The molecule has 1 aromatic heterocycles. The number of ether oxygens (including phenoxy) is 1. The van der Waals surface area contributed by atoms with Gasteiger partial charge < -0.3 is 4.74 Å². The highest BCUT2D eigenvalue weighted by Gasteiger charge is 2.31. The highest BCUT2D eigenvalue weighted by molar-refractivity contribution is 6.06. The molecule has 0 N–H and O–H groups in total. The lowest BCUT2D eigenvalue weighted by molar-refractivity contribution is -0.659. The van der Waals surface area contributed by atoms with E-state index in [1.807, 2.05) is 0 Å². The zero-order valence-electron chi connectivity index (χ0n) is 18.1. The quantitative estimate of drug-likeness (QED) is 0.296. The number of aromatic nitrogens is 1. The Balaban J connectivity index is 1.64. The van der Waals surface area contributed by atoms with Crippen molar-refractivity contribution in [2.45, 2.75) is 46.0 Å². The van der Waals surface area contributed by atoms with Crippen LogP contribution in [0, 0.1) is 19.8 Å².